The average molecular weight is 331 g/mol. The summed E-state index contributed by atoms with van der Waals surface area (Å²) in [5.41, 5.74) is 3.06. The maximum atomic E-state index is 12.0. The van der Waals surface area contributed by atoms with E-state index in [1.807, 2.05) is 48.5 Å². The number of aliphatic hydroxyl groups is 1. The zero-order chi connectivity index (χ0) is 17.3. The Morgan fingerprint density at radius 3 is 2.52 bits per heavy atom. The highest BCUT2D eigenvalue weighted by Crippen LogP contribution is 2.49. The van der Waals surface area contributed by atoms with Gasteiger partial charge in [-0.15, -0.1) is 0 Å². The van der Waals surface area contributed by atoms with Gasteiger partial charge in [-0.05, 0) is 59.4 Å². The number of benzene rings is 2. The lowest BCUT2D eigenvalue weighted by molar-refractivity contribution is 0.0383. The van der Waals surface area contributed by atoms with Crippen molar-refractivity contribution >= 4 is 0 Å². The molecule has 2 unspecified atom stereocenters. The minimum Gasteiger partial charge on any atom is -0.497 e. The van der Waals surface area contributed by atoms with Gasteiger partial charge >= 0.3 is 0 Å². The zero-order valence-electron chi connectivity index (χ0n) is 14.2. The predicted molar refractivity (Wildman–Crippen MR) is 97.7 cm³/mol. The lowest BCUT2D eigenvalue weighted by atomic mass is 9.66. The molecule has 4 rings (SSSR count). The number of aromatic nitrogens is 1. The minimum atomic E-state index is -1.08. The molecule has 0 fully saturated rings. The van der Waals surface area contributed by atoms with E-state index in [-0.39, 0.29) is 5.92 Å². The summed E-state index contributed by atoms with van der Waals surface area (Å²) < 4.78 is 5.37. The van der Waals surface area contributed by atoms with E-state index in [1.54, 1.807) is 19.5 Å². The molecule has 3 aromatic rings. The van der Waals surface area contributed by atoms with Crippen LogP contribution in [0.3, 0.4) is 0 Å². The normalized spacial score (nSPS) is 22.2. The van der Waals surface area contributed by atoms with Crippen molar-refractivity contribution in [1.82, 2.24) is 4.98 Å². The number of rotatable bonds is 3. The van der Waals surface area contributed by atoms with Crippen molar-refractivity contribution in [3.63, 3.8) is 0 Å². The van der Waals surface area contributed by atoms with Gasteiger partial charge in [0.2, 0.25) is 0 Å². The van der Waals surface area contributed by atoms with Crippen molar-refractivity contribution in [3.05, 3.63) is 95.3 Å². The number of fused-ring (bicyclic) bond motifs is 1. The standard InChI is InChI=1S/C22H21NO2/c1-25-19-8-10-21-17(15-19)7-9-20(16-5-3-2-4-6-16)22(21,24)18-11-13-23-14-12-18/h2-6,8,10-15,20,24H,7,9H2,1H3. The highest BCUT2D eigenvalue weighted by molar-refractivity contribution is 5.49. The zero-order valence-corrected chi connectivity index (χ0v) is 14.2. The summed E-state index contributed by atoms with van der Waals surface area (Å²) in [5, 5.41) is 12.0. The fourth-order valence-corrected chi connectivity index (χ4v) is 4.03. The number of aryl methyl sites for hydroxylation is 1. The van der Waals surface area contributed by atoms with Crippen molar-refractivity contribution in [2.45, 2.75) is 24.4 Å². The summed E-state index contributed by atoms with van der Waals surface area (Å²) in [4.78, 5) is 4.12. The molecule has 0 saturated carbocycles. The van der Waals surface area contributed by atoms with Gasteiger partial charge in [-0.2, -0.15) is 0 Å². The third-order valence-corrected chi connectivity index (χ3v) is 5.25. The first-order valence-corrected chi connectivity index (χ1v) is 8.58. The lowest BCUT2D eigenvalue weighted by Crippen LogP contribution is -2.39. The Morgan fingerprint density at radius 1 is 1.04 bits per heavy atom. The summed E-state index contributed by atoms with van der Waals surface area (Å²) in [6, 6.07) is 20.1. The van der Waals surface area contributed by atoms with E-state index < -0.39 is 5.60 Å². The molecule has 3 nitrogen and oxygen atoms in total. The first-order chi connectivity index (χ1) is 12.2. The molecule has 0 spiro atoms. The monoisotopic (exact) mass is 331 g/mol. The summed E-state index contributed by atoms with van der Waals surface area (Å²) >= 11 is 0. The molecule has 0 saturated heterocycles. The maximum Gasteiger partial charge on any atom is 0.122 e. The minimum absolute atomic E-state index is 0.00278. The Labute approximate surface area is 147 Å². The van der Waals surface area contributed by atoms with Crippen LogP contribution in [0.1, 0.15) is 34.6 Å². The van der Waals surface area contributed by atoms with Crippen molar-refractivity contribution in [2.24, 2.45) is 0 Å². The second kappa shape index (κ2) is 6.34. The summed E-state index contributed by atoms with van der Waals surface area (Å²) in [7, 11) is 1.67. The topological polar surface area (TPSA) is 42.4 Å². The third kappa shape index (κ3) is 2.61. The van der Waals surface area contributed by atoms with E-state index in [0.717, 1.165) is 40.8 Å². The van der Waals surface area contributed by atoms with Crippen LogP contribution in [0.25, 0.3) is 0 Å². The van der Waals surface area contributed by atoms with Gasteiger partial charge < -0.3 is 9.84 Å². The average Bonchev–Trinajstić information content (AvgIpc) is 2.69. The maximum absolute atomic E-state index is 12.0. The number of ether oxygens (including phenoxy) is 1. The molecule has 1 aliphatic carbocycles. The Hall–Kier alpha value is -2.65. The van der Waals surface area contributed by atoms with Crippen LogP contribution < -0.4 is 4.74 Å². The summed E-state index contributed by atoms with van der Waals surface area (Å²) in [6.07, 6.45) is 5.28. The van der Waals surface area contributed by atoms with Crippen molar-refractivity contribution < 1.29 is 9.84 Å². The van der Waals surface area contributed by atoms with Crippen LogP contribution in [0, 0.1) is 0 Å². The molecule has 0 radical (unpaired) electrons. The van der Waals surface area contributed by atoms with E-state index >= 15 is 0 Å². The molecule has 1 N–H and O–H groups in total. The molecule has 2 atom stereocenters. The third-order valence-electron chi connectivity index (χ3n) is 5.25. The molecule has 126 valence electrons. The Bertz CT molecular complexity index is 864. The largest absolute Gasteiger partial charge is 0.497 e. The molecule has 25 heavy (non-hydrogen) atoms. The van der Waals surface area contributed by atoms with Gasteiger partial charge in [-0.1, -0.05) is 36.4 Å². The first kappa shape index (κ1) is 15.9. The molecule has 1 heterocycles. The van der Waals surface area contributed by atoms with Gasteiger partial charge in [-0.3, -0.25) is 4.98 Å². The van der Waals surface area contributed by atoms with Gasteiger partial charge in [0, 0.05) is 18.3 Å². The van der Waals surface area contributed by atoms with Gasteiger partial charge in [0.15, 0.2) is 0 Å². The highest BCUT2D eigenvalue weighted by atomic mass is 16.5. The predicted octanol–water partition coefficient (Wildman–Crippen LogP) is 4.06. The lowest BCUT2D eigenvalue weighted by Gasteiger charge is -2.42. The van der Waals surface area contributed by atoms with Gasteiger partial charge in [0.1, 0.15) is 11.4 Å². The second-order valence-electron chi connectivity index (χ2n) is 6.53. The quantitative estimate of drug-likeness (QED) is 0.787. The van der Waals surface area contributed by atoms with E-state index in [9.17, 15) is 5.11 Å². The van der Waals surface area contributed by atoms with E-state index in [0.29, 0.717) is 0 Å². The number of pyridine rings is 1. The molecule has 0 aliphatic heterocycles. The van der Waals surface area contributed by atoms with Crippen LogP contribution in [0.15, 0.2) is 73.1 Å². The smallest absolute Gasteiger partial charge is 0.122 e. The SMILES string of the molecule is COc1ccc2c(c1)CCC(c1ccccc1)C2(O)c1ccncc1. The van der Waals surface area contributed by atoms with Gasteiger partial charge in [0.05, 0.1) is 7.11 Å². The Balaban J connectivity index is 1.92. The molecule has 0 amide bonds. The van der Waals surface area contributed by atoms with Crippen molar-refractivity contribution in [1.29, 1.82) is 0 Å². The molecule has 1 aliphatic rings. The fourth-order valence-electron chi connectivity index (χ4n) is 4.03. The number of methoxy groups -OCH3 is 1. The first-order valence-electron chi connectivity index (χ1n) is 8.58. The highest BCUT2D eigenvalue weighted by Gasteiger charge is 2.44. The second-order valence-corrected chi connectivity index (χ2v) is 6.53. The fraction of sp³-hybridized carbons (Fsp3) is 0.227. The van der Waals surface area contributed by atoms with Gasteiger partial charge in [0.25, 0.3) is 0 Å². The Kier molecular flexibility index (Phi) is 4.02. The number of hydrogen-bond acceptors (Lipinski definition) is 3. The van der Waals surface area contributed by atoms with E-state index in [4.69, 9.17) is 4.74 Å². The van der Waals surface area contributed by atoms with Crippen LogP contribution in [0.5, 0.6) is 5.75 Å². The summed E-state index contributed by atoms with van der Waals surface area (Å²) in [6.45, 7) is 0. The van der Waals surface area contributed by atoms with E-state index in [2.05, 4.69) is 17.1 Å². The van der Waals surface area contributed by atoms with Crippen LogP contribution in [0.2, 0.25) is 0 Å². The van der Waals surface area contributed by atoms with Crippen molar-refractivity contribution in [2.75, 3.05) is 7.11 Å². The molecule has 0 bridgehead atoms. The van der Waals surface area contributed by atoms with Crippen LogP contribution >= 0.6 is 0 Å². The molecular weight excluding hydrogens is 310 g/mol. The van der Waals surface area contributed by atoms with Crippen molar-refractivity contribution in [3.8, 4) is 5.75 Å². The van der Waals surface area contributed by atoms with E-state index in [1.165, 1.54) is 0 Å². The molecule has 1 aromatic heterocycles. The molecular formula is C22H21NO2. The molecule has 2 aromatic carbocycles. The number of nitrogens with zero attached hydrogens (tertiary/aromatic N) is 1. The number of hydrogen-bond donors (Lipinski definition) is 1. The molecule has 3 heteroatoms. The Morgan fingerprint density at radius 2 is 1.80 bits per heavy atom. The van der Waals surface area contributed by atoms with Gasteiger partial charge in [-0.25, -0.2) is 0 Å². The summed E-state index contributed by atoms with van der Waals surface area (Å²) in [5.74, 6) is 0.825. The van der Waals surface area contributed by atoms with Crippen LogP contribution in [-0.2, 0) is 12.0 Å². The van der Waals surface area contributed by atoms with Crippen LogP contribution in [-0.4, -0.2) is 17.2 Å². The van der Waals surface area contributed by atoms with Crippen LogP contribution in [0.4, 0.5) is 0 Å².